The lowest BCUT2D eigenvalue weighted by Gasteiger charge is -2.35. The number of carbonyl (C=O) groups excluding carboxylic acids is 1. The van der Waals surface area contributed by atoms with E-state index in [9.17, 15) is 4.79 Å². The van der Waals surface area contributed by atoms with Crippen LogP contribution in [0.25, 0.3) is 0 Å². The third kappa shape index (κ3) is 4.85. The predicted octanol–water partition coefficient (Wildman–Crippen LogP) is 2.08. The van der Waals surface area contributed by atoms with Crippen LogP contribution in [-0.2, 0) is 9.53 Å². The van der Waals surface area contributed by atoms with Crippen molar-refractivity contribution in [1.29, 1.82) is 0 Å². The molecule has 0 bridgehead atoms. The zero-order chi connectivity index (χ0) is 11.1. The molecule has 1 aliphatic carbocycles. The smallest absolute Gasteiger partial charge is 0.220 e. The molecule has 0 spiro atoms. The van der Waals surface area contributed by atoms with Gasteiger partial charge in [0, 0.05) is 24.9 Å². The minimum absolute atomic E-state index is 0.153. The highest BCUT2D eigenvalue weighted by molar-refractivity contribution is 6.17. The molecule has 88 valence electrons. The number of hydrogen-bond donors (Lipinski definition) is 1. The van der Waals surface area contributed by atoms with E-state index in [1.807, 2.05) is 6.92 Å². The standard InChI is InChI=1S/C11H20ClNO2/c1-2-15-10-7-9(8-10)13-11(14)5-3-4-6-12/h9-10H,2-8H2,1H3,(H,13,14). The van der Waals surface area contributed by atoms with Gasteiger partial charge in [0.15, 0.2) is 0 Å². The van der Waals surface area contributed by atoms with Crippen LogP contribution in [0.2, 0.25) is 0 Å². The van der Waals surface area contributed by atoms with Crippen LogP contribution < -0.4 is 5.32 Å². The maximum atomic E-state index is 11.4. The minimum Gasteiger partial charge on any atom is -0.378 e. The normalized spacial score (nSPS) is 24.7. The molecule has 1 saturated carbocycles. The number of alkyl halides is 1. The van der Waals surface area contributed by atoms with Crippen molar-refractivity contribution in [1.82, 2.24) is 5.32 Å². The first-order valence-corrected chi connectivity index (χ1v) is 6.26. The second-order valence-corrected chi connectivity index (χ2v) is 4.34. The predicted molar refractivity (Wildman–Crippen MR) is 61.1 cm³/mol. The molecule has 0 aromatic carbocycles. The number of rotatable bonds is 7. The molecule has 0 radical (unpaired) electrons. The lowest BCUT2D eigenvalue weighted by Crippen LogP contribution is -2.47. The molecule has 1 aliphatic rings. The maximum absolute atomic E-state index is 11.4. The Bertz CT molecular complexity index is 193. The first-order chi connectivity index (χ1) is 7.26. The van der Waals surface area contributed by atoms with E-state index in [-0.39, 0.29) is 5.91 Å². The second kappa shape index (κ2) is 7.07. The van der Waals surface area contributed by atoms with Gasteiger partial charge < -0.3 is 10.1 Å². The summed E-state index contributed by atoms with van der Waals surface area (Å²) in [4.78, 5) is 11.4. The summed E-state index contributed by atoms with van der Waals surface area (Å²) in [6.07, 6.45) is 4.70. The van der Waals surface area contributed by atoms with Crippen LogP contribution in [0.5, 0.6) is 0 Å². The quantitative estimate of drug-likeness (QED) is 0.540. The summed E-state index contributed by atoms with van der Waals surface area (Å²) in [5.41, 5.74) is 0. The van der Waals surface area contributed by atoms with Crippen molar-refractivity contribution >= 4 is 17.5 Å². The molecule has 0 unspecified atom stereocenters. The minimum atomic E-state index is 0.153. The van der Waals surface area contributed by atoms with E-state index in [0.717, 1.165) is 32.3 Å². The molecule has 1 N–H and O–H groups in total. The molecular formula is C11H20ClNO2. The van der Waals surface area contributed by atoms with Crippen LogP contribution in [0.15, 0.2) is 0 Å². The van der Waals surface area contributed by atoms with Gasteiger partial charge in [-0.05, 0) is 32.6 Å². The third-order valence-electron chi connectivity index (χ3n) is 2.65. The Kier molecular flexibility index (Phi) is 6.03. The molecule has 3 nitrogen and oxygen atoms in total. The third-order valence-corrected chi connectivity index (χ3v) is 2.92. The number of amides is 1. The number of unbranched alkanes of at least 4 members (excludes halogenated alkanes) is 1. The molecular weight excluding hydrogens is 214 g/mol. The molecule has 1 rings (SSSR count). The van der Waals surface area contributed by atoms with Gasteiger partial charge in [0.05, 0.1) is 6.10 Å². The Morgan fingerprint density at radius 1 is 1.47 bits per heavy atom. The zero-order valence-electron chi connectivity index (χ0n) is 9.30. The fourth-order valence-electron chi connectivity index (χ4n) is 1.74. The lowest BCUT2D eigenvalue weighted by atomic mass is 9.89. The van der Waals surface area contributed by atoms with Gasteiger partial charge in [-0.2, -0.15) is 0 Å². The van der Waals surface area contributed by atoms with Crippen LogP contribution in [0.1, 0.15) is 39.0 Å². The fourth-order valence-corrected chi connectivity index (χ4v) is 1.92. The molecule has 0 aromatic heterocycles. The number of carbonyl (C=O) groups is 1. The number of halogens is 1. The molecule has 4 heteroatoms. The van der Waals surface area contributed by atoms with Gasteiger partial charge in [0.25, 0.3) is 0 Å². The van der Waals surface area contributed by atoms with Crippen molar-refractivity contribution in [3.8, 4) is 0 Å². The van der Waals surface area contributed by atoms with E-state index in [4.69, 9.17) is 16.3 Å². The first-order valence-electron chi connectivity index (χ1n) is 5.73. The van der Waals surface area contributed by atoms with E-state index < -0.39 is 0 Å². The summed E-state index contributed by atoms with van der Waals surface area (Å²) in [7, 11) is 0. The van der Waals surface area contributed by atoms with Gasteiger partial charge >= 0.3 is 0 Å². The number of nitrogens with one attached hydrogen (secondary N) is 1. The average Bonchev–Trinajstić information content (AvgIpc) is 2.15. The topological polar surface area (TPSA) is 38.3 Å². The van der Waals surface area contributed by atoms with Gasteiger partial charge in [-0.25, -0.2) is 0 Å². The van der Waals surface area contributed by atoms with Crippen LogP contribution in [-0.4, -0.2) is 30.5 Å². The van der Waals surface area contributed by atoms with Crippen molar-refractivity contribution in [3.63, 3.8) is 0 Å². The maximum Gasteiger partial charge on any atom is 0.220 e. The summed E-state index contributed by atoms with van der Waals surface area (Å²) < 4.78 is 5.42. The van der Waals surface area contributed by atoms with Gasteiger partial charge in [-0.1, -0.05) is 0 Å². The fraction of sp³-hybridized carbons (Fsp3) is 0.909. The Morgan fingerprint density at radius 2 is 2.20 bits per heavy atom. The van der Waals surface area contributed by atoms with Crippen molar-refractivity contribution in [2.45, 2.75) is 51.2 Å². The summed E-state index contributed by atoms with van der Waals surface area (Å²) >= 11 is 5.53. The molecule has 15 heavy (non-hydrogen) atoms. The van der Waals surface area contributed by atoms with Crippen molar-refractivity contribution < 1.29 is 9.53 Å². The molecule has 0 atom stereocenters. The van der Waals surface area contributed by atoms with E-state index in [0.29, 0.717) is 24.4 Å². The molecule has 0 aromatic rings. The van der Waals surface area contributed by atoms with Crippen LogP contribution >= 0.6 is 11.6 Å². The van der Waals surface area contributed by atoms with Gasteiger partial charge in [-0.3, -0.25) is 4.79 Å². The Morgan fingerprint density at radius 3 is 2.80 bits per heavy atom. The zero-order valence-corrected chi connectivity index (χ0v) is 10.1. The van der Waals surface area contributed by atoms with Crippen LogP contribution in [0.3, 0.4) is 0 Å². The Balaban J connectivity index is 1.98. The van der Waals surface area contributed by atoms with Gasteiger partial charge in [-0.15, -0.1) is 11.6 Å². The van der Waals surface area contributed by atoms with E-state index >= 15 is 0 Å². The van der Waals surface area contributed by atoms with E-state index in [1.54, 1.807) is 0 Å². The van der Waals surface area contributed by atoms with Crippen LogP contribution in [0.4, 0.5) is 0 Å². The van der Waals surface area contributed by atoms with Gasteiger partial charge in [0.1, 0.15) is 0 Å². The molecule has 1 amide bonds. The number of hydrogen-bond acceptors (Lipinski definition) is 2. The van der Waals surface area contributed by atoms with E-state index in [2.05, 4.69) is 5.32 Å². The van der Waals surface area contributed by atoms with Crippen molar-refractivity contribution in [2.75, 3.05) is 12.5 Å². The van der Waals surface area contributed by atoms with Crippen molar-refractivity contribution in [2.24, 2.45) is 0 Å². The summed E-state index contributed by atoms with van der Waals surface area (Å²) in [6, 6.07) is 0.338. The number of ether oxygens (including phenoxy) is 1. The summed E-state index contributed by atoms with van der Waals surface area (Å²) in [5, 5.41) is 3.00. The van der Waals surface area contributed by atoms with Gasteiger partial charge in [0.2, 0.25) is 5.91 Å². The summed E-state index contributed by atoms with van der Waals surface area (Å²) in [6.45, 7) is 2.76. The second-order valence-electron chi connectivity index (χ2n) is 3.96. The Hall–Kier alpha value is -0.280. The largest absolute Gasteiger partial charge is 0.378 e. The summed E-state index contributed by atoms with van der Waals surface area (Å²) in [5.74, 6) is 0.795. The highest BCUT2D eigenvalue weighted by Crippen LogP contribution is 2.23. The lowest BCUT2D eigenvalue weighted by molar-refractivity contribution is -0.123. The highest BCUT2D eigenvalue weighted by atomic mass is 35.5. The van der Waals surface area contributed by atoms with E-state index in [1.165, 1.54) is 0 Å². The molecule has 0 heterocycles. The molecule has 0 saturated heterocycles. The first kappa shape index (κ1) is 12.8. The molecule has 0 aliphatic heterocycles. The highest BCUT2D eigenvalue weighted by Gasteiger charge is 2.30. The molecule has 1 fully saturated rings. The average molecular weight is 234 g/mol. The SMILES string of the molecule is CCOC1CC(NC(=O)CCCCCl)C1. The van der Waals surface area contributed by atoms with Crippen molar-refractivity contribution in [3.05, 3.63) is 0 Å². The monoisotopic (exact) mass is 233 g/mol. The van der Waals surface area contributed by atoms with Crippen LogP contribution in [0, 0.1) is 0 Å². The Labute approximate surface area is 96.5 Å².